The van der Waals surface area contributed by atoms with Crippen molar-refractivity contribution in [3.63, 3.8) is 0 Å². The zero-order chi connectivity index (χ0) is 15.7. The number of aryl methyl sites for hydroxylation is 1. The Labute approximate surface area is 133 Å². The van der Waals surface area contributed by atoms with Crippen molar-refractivity contribution in [1.82, 2.24) is 4.98 Å². The van der Waals surface area contributed by atoms with E-state index in [9.17, 15) is 4.79 Å². The van der Waals surface area contributed by atoms with Crippen LogP contribution in [0.4, 0.5) is 5.69 Å². The van der Waals surface area contributed by atoms with Crippen molar-refractivity contribution in [2.24, 2.45) is 0 Å². The van der Waals surface area contributed by atoms with Crippen molar-refractivity contribution in [3.8, 4) is 5.75 Å². The Hall–Kier alpha value is -2.46. The maximum absolute atomic E-state index is 12.5. The highest BCUT2D eigenvalue weighted by atomic mass is 35.5. The van der Waals surface area contributed by atoms with Gasteiger partial charge in [-0.15, -0.1) is 0 Å². The smallest absolute Gasteiger partial charge is 0.257 e. The molecular weight excluding hydrogens is 300 g/mol. The van der Waals surface area contributed by atoms with Gasteiger partial charge >= 0.3 is 0 Å². The Morgan fingerprint density at radius 1 is 1.23 bits per heavy atom. The molecular formula is C17H15ClN2O2. The molecule has 22 heavy (non-hydrogen) atoms. The lowest BCUT2D eigenvalue weighted by molar-refractivity contribution is 0.102. The summed E-state index contributed by atoms with van der Waals surface area (Å²) >= 11 is 5.93. The summed E-state index contributed by atoms with van der Waals surface area (Å²) in [4.78, 5) is 15.6. The van der Waals surface area contributed by atoms with E-state index in [0.29, 0.717) is 16.3 Å². The number of nitrogens with one attached hydrogen (secondary N) is 2. The molecule has 0 bridgehead atoms. The van der Waals surface area contributed by atoms with E-state index < -0.39 is 0 Å². The van der Waals surface area contributed by atoms with Gasteiger partial charge in [-0.05, 0) is 48.9 Å². The monoisotopic (exact) mass is 314 g/mol. The number of rotatable bonds is 3. The fraction of sp³-hybridized carbons (Fsp3) is 0.118. The Morgan fingerprint density at radius 3 is 2.77 bits per heavy atom. The van der Waals surface area contributed by atoms with E-state index in [1.165, 1.54) is 0 Å². The zero-order valence-corrected chi connectivity index (χ0v) is 13.0. The second-order valence-electron chi connectivity index (χ2n) is 5.03. The molecule has 0 unspecified atom stereocenters. The van der Waals surface area contributed by atoms with Crippen LogP contribution in [0.2, 0.25) is 5.02 Å². The molecule has 2 N–H and O–H groups in total. The van der Waals surface area contributed by atoms with E-state index in [4.69, 9.17) is 16.3 Å². The average Bonchev–Trinajstić information content (AvgIpc) is 2.93. The van der Waals surface area contributed by atoms with Crippen LogP contribution in [0.25, 0.3) is 10.9 Å². The number of H-pyrrole nitrogens is 1. The summed E-state index contributed by atoms with van der Waals surface area (Å²) in [5, 5.41) is 4.38. The van der Waals surface area contributed by atoms with Crippen molar-refractivity contribution in [1.29, 1.82) is 0 Å². The van der Waals surface area contributed by atoms with Gasteiger partial charge in [-0.3, -0.25) is 4.79 Å². The number of carbonyl (C=O) groups is 1. The summed E-state index contributed by atoms with van der Waals surface area (Å²) in [6, 6.07) is 10.9. The molecule has 2 aromatic carbocycles. The Bertz CT molecular complexity index is 855. The number of hydrogen-bond acceptors (Lipinski definition) is 2. The van der Waals surface area contributed by atoms with Crippen LogP contribution in [0.1, 0.15) is 15.9 Å². The molecule has 0 aliphatic heterocycles. The number of fused-ring (bicyclic) bond motifs is 1. The fourth-order valence-electron chi connectivity index (χ4n) is 2.37. The summed E-state index contributed by atoms with van der Waals surface area (Å²) in [6.07, 6.45) is 1.70. The molecule has 4 nitrogen and oxygen atoms in total. The molecule has 0 spiro atoms. The minimum atomic E-state index is -0.176. The van der Waals surface area contributed by atoms with E-state index in [0.717, 1.165) is 22.2 Å². The van der Waals surface area contributed by atoms with E-state index in [1.807, 2.05) is 31.2 Å². The third-order valence-electron chi connectivity index (χ3n) is 3.57. The SMILES string of the molecule is COc1ccc2[nH]cc(C(=O)Nc3ccc(Cl)cc3C)c2c1. The van der Waals surface area contributed by atoms with Gasteiger partial charge in [-0.25, -0.2) is 0 Å². The highest BCUT2D eigenvalue weighted by Crippen LogP contribution is 2.25. The molecule has 1 heterocycles. The predicted octanol–water partition coefficient (Wildman–Crippen LogP) is 4.39. The lowest BCUT2D eigenvalue weighted by Gasteiger charge is -2.08. The second kappa shape index (κ2) is 5.73. The summed E-state index contributed by atoms with van der Waals surface area (Å²) in [5.41, 5.74) is 3.12. The number of carbonyl (C=O) groups excluding carboxylic acids is 1. The molecule has 3 rings (SSSR count). The van der Waals surface area contributed by atoms with E-state index in [2.05, 4.69) is 10.3 Å². The molecule has 3 aromatic rings. The zero-order valence-electron chi connectivity index (χ0n) is 12.2. The van der Waals surface area contributed by atoms with Gasteiger partial charge in [0, 0.05) is 27.8 Å². The van der Waals surface area contributed by atoms with Gasteiger partial charge in [0.15, 0.2) is 0 Å². The first-order valence-electron chi connectivity index (χ1n) is 6.81. The first-order chi connectivity index (χ1) is 10.6. The summed E-state index contributed by atoms with van der Waals surface area (Å²) in [7, 11) is 1.60. The van der Waals surface area contributed by atoms with Crippen molar-refractivity contribution >= 4 is 34.1 Å². The minimum absolute atomic E-state index is 0.176. The largest absolute Gasteiger partial charge is 0.497 e. The molecule has 1 aromatic heterocycles. The van der Waals surface area contributed by atoms with Gasteiger partial charge in [0.25, 0.3) is 5.91 Å². The molecule has 5 heteroatoms. The lowest BCUT2D eigenvalue weighted by atomic mass is 10.1. The number of aromatic amines is 1. The molecule has 0 saturated carbocycles. The average molecular weight is 315 g/mol. The standard InChI is InChI=1S/C17H15ClN2O2/c1-10-7-11(18)3-5-15(10)20-17(21)14-9-19-16-6-4-12(22-2)8-13(14)16/h3-9,19H,1-2H3,(H,20,21). The Kier molecular flexibility index (Phi) is 3.77. The fourth-order valence-corrected chi connectivity index (χ4v) is 2.60. The summed E-state index contributed by atoms with van der Waals surface area (Å²) < 4.78 is 5.22. The van der Waals surface area contributed by atoms with Gasteiger partial charge in [0.2, 0.25) is 0 Å². The van der Waals surface area contributed by atoms with Crippen LogP contribution in [0, 0.1) is 6.92 Å². The normalized spacial score (nSPS) is 10.7. The second-order valence-corrected chi connectivity index (χ2v) is 5.46. The van der Waals surface area contributed by atoms with Crippen molar-refractivity contribution < 1.29 is 9.53 Å². The molecule has 0 aliphatic rings. The number of ether oxygens (including phenoxy) is 1. The Balaban J connectivity index is 1.95. The summed E-state index contributed by atoms with van der Waals surface area (Å²) in [6.45, 7) is 1.90. The third kappa shape index (κ3) is 2.65. The number of amides is 1. The molecule has 0 fully saturated rings. The van der Waals surface area contributed by atoms with E-state index in [1.54, 1.807) is 25.4 Å². The first kappa shape index (κ1) is 14.5. The number of aromatic nitrogens is 1. The highest BCUT2D eigenvalue weighted by Gasteiger charge is 2.14. The van der Waals surface area contributed by atoms with Gasteiger partial charge in [0.05, 0.1) is 12.7 Å². The molecule has 0 radical (unpaired) electrons. The van der Waals surface area contributed by atoms with Crippen molar-refractivity contribution in [2.75, 3.05) is 12.4 Å². The predicted molar refractivity (Wildman–Crippen MR) is 89.0 cm³/mol. The van der Waals surface area contributed by atoms with Crippen LogP contribution in [0.5, 0.6) is 5.75 Å². The maximum Gasteiger partial charge on any atom is 0.257 e. The van der Waals surface area contributed by atoms with Gasteiger partial charge in [0.1, 0.15) is 5.75 Å². The van der Waals surface area contributed by atoms with Crippen molar-refractivity contribution in [3.05, 3.63) is 58.7 Å². The van der Waals surface area contributed by atoms with Crippen LogP contribution in [0.3, 0.4) is 0 Å². The van der Waals surface area contributed by atoms with E-state index >= 15 is 0 Å². The van der Waals surface area contributed by atoms with Gasteiger partial charge in [-0.2, -0.15) is 0 Å². The highest BCUT2D eigenvalue weighted by molar-refractivity contribution is 6.30. The Morgan fingerprint density at radius 2 is 2.05 bits per heavy atom. The lowest BCUT2D eigenvalue weighted by Crippen LogP contribution is -2.12. The number of methoxy groups -OCH3 is 1. The van der Waals surface area contributed by atoms with Crippen molar-refractivity contribution in [2.45, 2.75) is 6.92 Å². The molecule has 0 aliphatic carbocycles. The topological polar surface area (TPSA) is 54.1 Å². The molecule has 0 atom stereocenters. The molecule has 112 valence electrons. The molecule has 1 amide bonds. The van der Waals surface area contributed by atoms with E-state index in [-0.39, 0.29) is 5.91 Å². The van der Waals surface area contributed by atoms with Crippen LogP contribution in [-0.4, -0.2) is 18.0 Å². The maximum atomic E-state index is 12.5. The quantitative estimate of drug-likeness (QED) is 0.753. The molecule has 0 saturated heterocycles. The minimum Gasteiger partial charge on any atom is -0.497 e. The summed E-state index contributed by atoms with van der Waals surface area (Å²) in [5.74, 6) is 0.536. The number of benzene rings is 2. The number of hydrogen-bond donors (Lipinski definition) is 2. The van der Waals surface area contributed by atoms with Crippen LogP contribution >= 0.6 is 11.6 Å². The third-order valence-corrected chi connectivity index (χ3v) is 3.81. The van der Waals surface area contributed by atoms with Crippen LogP contribution < -0.4 is 10.1 Å². The van der Waals surface area contributed by atoms with Crippen LogP contribution in [-0.2, 0) is 0 Å². The van der Waals surface area contributed by atoms with Gasteiger partial charge in [-0.1, -0.05) is 11.6 Å². The van der Waals surface area contributed by atoms with Gasteiger partial charge < -0.3 is 15.0 Å². The first-order valence-corrected chi connectivity index (χ1v) is 7.19. The number of anilines is 1. The van der Waals surface area contributed by atoms with Crippen LogP contribution in [0.15, 0.2) is 42.6 Å². The number of halogens is 1.